The molecule has 1 fully saturated rings. The average molecular weight is 528 g/mol. The summed E-state index contributed by atoms with van der Waals surface area (Å²) in [6.45, 7) is 17.9. The number of fused-ring (bicyclic) bond motifs is 5. The van der Waals surface area contributed by atoms with Crippen LogP contribution in [0.1, 0.15) is 77.6 Å². The highest BCUT2D eigenvalue weighted by Gasteiger charge is 2.52. The molecule has 3 aliphatic rings. The fourth-order valence-corrected chi connectivity index (χ4v) is 6.93. The first-order valence-electron chi connectivity index (χ1n) is 14.5. The van der Waals surface area contributed by atoms with Crippen molar-refractivity contribution in [2.75, 3.05) is 4.90 Å². The van der Waals surface area contributed by atoms with Crippen LogP contribution >= 0.6 is 0 Å². The number of rotatable bonds is 2. The first-order chi connectivity index (χ1) is 18.8. The van der Waals surface area contributed by atoms with E-state index in [9.17, 15) is 0 Å². The minimum absolute atomic E-state index is 0.137. The third-order valence-electron chi connectivity index (χ3n) is 10.1. The highest BCUT2D eigenvalue weighted by Crippen LogP contribution is 2.57. The van der Waals surface area contributed by atoms with Gasteiger partial charge in [0.2, 0.25) is 0 Å². The van der Waals surface area contributed by atoms with Gasteiger partial charge in [-0.05, 0) is 96.9 Å². The van der Waals surface area contributed by atoms with Crippen LogP contribution in [0.5, 0.6) is 0 Å². The fraction of sp³-hybridized carbons (Fsp3) is 0.333. The fourth-order valence-electron chi connectivity index (χ4n) is 6.93. The van der Waals surface area contributed by atoms with E-state index in [1.54, 1.807) is 0 Å². The molecule has 4 aromatic rings. The summed E-state index contributed by atoms with van der Waals surface area (Å²) in [6, 6.07) is 31.4. The summed E-state index contributed by atoms with van der Waals surface area (Å²) in [5.41, 5.74) is 11.8. The van der Waals surface area contributed by atoms with E-state index >= 15 is 0 Å². The molecule has 0 saturated carbocycles. The van der Waals surface area contributed by atoms with Crippen molar-refractivity contribution in [1.82, 2.24) is 0 Å². The topological polar surface area (TPSA) is 21.7 Å². The Morgan fingerprint density at radius 2 is 1.12 bits per heavy atom. The van der Waals surface area contributed by atoms with Gasteiger partial charge < -0.3 is 14.2 Å². The second kappa shape index (κ2) is 8.12. The van der Waals surface area contributed by atoms with Crippen molar-refractivity contribution in [1.29, 1.82) is 0 Å². The standard InChI is InChI=1S/C36H38BNO2/c1-33(2)27-16-12-13-17-31(27)38(24-14-10-9-11-15-24)32-22-29-26(21-30(32)33)25-19-18-23(20-28(25)34(29,3)4)37-39-35(5,6)36(7,8)40-37/h9-22H,1-8H3. The zero-order chi connectivity index (χ0) is 28.2. The largest absolute Gasteiger partial charge is 0.494 e. The number of hydrogen-bond acceptors (Lipinski definition) is 3. The normalized spacial score (nSPS) is 20.5. The molecule has 0 spiro atoms. The Bertz CT molecular complexity index is 1650. The molecule has 202 valence electrons. The Balaban J connectivity index is 1.41. The lowest BCUT2D eigenvalue weighted by atomic mass is 9.71. The molecule has 0 radical (unpaired) electrons. The molecule has 1 aliphatic carbocycles. The summed E-state index contributed by atoms with van der Waals surface area (Å²) in [5.74, 6) is 0. The molecule has 4 aromatic carbocycles. The Kier molecular flexibility index (Phi) is 5.20. The summed E-state index contributed by atoms with van der Waals surface area (Å²) in [5, 5.41) is 0. The van der Waals surface area contributed by atoms with E-state index in [1.165, 1.54) is 50.4 Å². The van der Waals surface area contributed by atoms with Crippen molar-refractivity contribution in [3.05, 3.63) is 107 Å². The van der Waals surface area contributed by atoms with E-state index in [1.807, 2.05) is 0 Å². The zero-order valence-electron chi connectivity index (χ0n) is 24.9. The van der Waals surface area contributed by atoms with E-state index in [0.29, 0.717) is 0 Å². The first-order valence-corrected chi connectivity index (χ1v) is 14.5. The lowest BCUT2D eigenvalue weighted by molar-refractivity contribution is 0.00578. The van der Waals surface area contributed by atoms with Crippen molar-refractivity contribution >= 4 is 29.6 Å². The lowest BCUT2D eigenvalue weighted by Crippen LogP contribution is -2.41. The molecule has 0 atom stereocenters. The van der Waals surface area contributed by atoms with Gasteiger partial charge in [-0.3, -0.25) is 0 Å². The monoisotopic (exact) mass is 527 g/mol. The minimum atomic E-state index is -0.370. The summed E-state index contributed by atoms with van der Waals surface area (Å²) >= 11 is 0. The molecule has 0 bridgehead atoms. The molecular weight excluding hydrogens is 489 g/mol. The molecule has 0 N–H and O–H groups in total. The zero-order valence-corrected chi connectivity index (χ0v) is 24.9. The van der Waals surface area contributed by atoms with Crippen LogP contribution in [0.15, 0.2) is 84.9 Å². The molecule has 3 nitrogen and oxygen atoms in total. The van der Waals surface area contributed by atoms with Crippen LogP contribution in [0.25, 0.3) is 11.1 Å². The molecule has 2 aliphatic heterocycles. The van der Waals surface area contributed by atoms with Crippen LogP contribution < -0.4 is 10.4 Å². The Morgan fingerprint density at radius 1 is 0.525 bits per heavy atom. The van der Waals surface area contributed by atoms with Gasteiger partial charge in [0.25, 0.3) is 0 Å². The van der Waals surface area contributed by atoms with Gasteiger partial charge >= 0.3 is 7.12 Å². The quantitative estimate of drug-likeness (QED) is 0.244. The van der Waals surface area contributed by atoms with Gasteiger partial charge in [0, 0.05) is 16.5 Å². The Morgan fingerprint density at radius 3 is 1.82 bits per heavy atom. The van der Waals surface area contributed by atoms with Gasteiger partial charge in [0.1, 0.15) is 0 Å². The number of anilines is 3. The maximum Gasteiger partial charge on any atom is 0.494 e. The maximum absolute atomic E-state index is 6.43. The average Bonchev–Trinajstić information content (AvgIpc) is 3.28. The van der Waals surface area contributed by atoms with Gasteiger partial charge in [0.05, 0.1) is 22.6 Å². The third kappa shape index (κ3) is 3.39. The predicted octanol–water partition coefficient (Wildman–Crippen LogP) is 8.40. The van der Waals surface area contributed by atoms with E-state index in [4.69, 9.17) is 9.31 Å². The SMILES string of the molecule is CC1(C)c2cc(B3OC(C)(C)C(C)(C)O3)ccc2-c2cc3c(cc21)N(c1ccccc1)c1ccccc1C3(C)C. The van der Waals surface area contributed by atoms with Crippen molar-refractivity contribution in [3.8, 4) is 11.1 Å². The van der Waals surface area contributed by atoms with Gasteiger partial charge in [0.15, 0.2) is 0 Å². The van der Waals surface area contributed by atoms with Crippen molar-refractivity contribution in [2.45, 2.75) is 77.4 Å². The van der Waals surface area contributed by atoms with Crippen LogP contribution in [0, 0.1) is 0 Å². The van der Waals surface area contributed by atoms with E-state index in [0.717, 1.165) is 5.46 Å². The van der Waals surface area contributed by atoms with Gasteiger partial charge in [-0.1, -0.05) is 82.3 Å². The first kappa shape index (κ1) is 25.6. The third-order valence-corrected chi connectivity index (χ3v) is 10.1. The highest BCUT2D eigenvalue weighted by atomic mass is 16.7. The second-order valence-corrected chi connectivity index (χ2v) is 13.7. The smallest absolute Gasteiger partial charge is 0.399 e. The minimum Gasteiger partial charge on any atom is -0.399 e. The highest BCUT2D eigenvalue weighted by molar-refractivity contribution is 6.62. The molecule has 0 unspecified atom stereocenters. The predicted molar refractivity (Wildman–Crippen MR) is 167 cm³/mol. The second-order valence-electron chi connectivity index (χ2n) is 13.7. The van der Waals surface area contributed by atoms with Gasteiger partial charge in [-0.15, -0.1) is 0 Å². The van der Waals surface area contributed by atoms with E-state index in [-0.39, 0.29) is 29.2 Å². The van der Waals surface area contributed by atoms with E-state index in [2.05, 4.69) is 145 Å². The van der Waals surface area contributed by atoms with E-state index < -0.39 is 0 Å². The summed E-state index contributed by atoms with van der Waals surface area (Å²) in [4.78, 5) is 2.45. The number of hydrogen-bond donors (Lipinski definition) is 0. The number of benzene rings is 4. The summed E-state index contributed by atoms with van der Waals surface area (Å²) < 4.78 is 12.9. The molecular formula is C36H38BNO2. The lowest BCUT2D eigenvalue weighted by Gasteiger charge is -2.42. The van der Waals surface area contributed by atoms with Crippen molar-refractivity contribution in [3.63, 3.8) is 0 Å². The number of nitrogens with zero attached hydrogens (tertiary/aromatic N) is 1. The summed E-state index contributed by atoms with van der Waals surface area (Å²) in [6.07, 6.45) is 0. The molecule has 1 saturated heterocycles. The van der Waals surface area contributed by atoms with Crippen LogP contribution in [0.2, 0.25) is 0 Å². The van der Waals surface area contributed by atoms with Crippen LogP contribution in [-0.4, -0.2) is 18.3 Å². The molecule has 0 aromatic heterocycles. The Labute approximate surface area is 239 Å². The molecule has 0 amide bonds. The van der Waals surface area contributed by atoms with Gasteiger partial charge in [-0.25, -0.2) is 0 Å². The van der Waals surface area contributed by atoms with Crippen LogP contribution in [0.3, 0.4) is 0 Å². The van der Waals surface area contributed by atoms with Crippen molar-refractivity contribution < 1.29 is 9.31 Å². The molecule has 4 heteroatoms. The maximum atomic E-state index is 6.43. The van der Waals surface area contributed by atoms with Crippen LogP contribution in [0.4, 0.5) is 17.1 Å². The summed E-state index contributed by atoms with van der Waals surface area (Å²) in [7, 11) is -0.370. The number of para-hydroxylation sites is 2. The van der Waals surface area contributed by atoms with Crippen LogP contribution in [-0.2, 0) is 20.1 Å². The Hall–Kier alpha value is -3.34. The molecule has 40 heavy (non-hydrogen) atoms. The van der Waals surface area contributed by atoms with Crippen molar-refractivity contribution in [2.24, 2.45) is 0 Å². The molecule has 7 rings (SSSR count). The molecule has 2 heterocycles. The van der Waals surface area contributed by atoms with Gasteiger partial charge in [-0.2, -0.15) is 0 Å².